The molecule has 0 spiro atoms. The van der Waals surface area contributed by atoms with Gasteiger partial charge in [0.1, 0.15) is 0 Å². The molecule has 0 bridgehead atoms. The standard InChI is InChI=1S/C27H24N2O3/c1-27(2,3)22-11-15-23(16-12-22)28-25(20-7-5-4-6-8-20)18-21(26(28)30)17-19-9-13-24(14-10-19)29(31)32/h4-18H,1-3H3/b21-17+. The van der Waals surface area contributed by atoms with Crippen molar-refractivity contribution < 1.29 is 9.72 Å². The lowest BCUT2D eigenvalue weighted by Crippen LogP contribution is -2.25. The molecule has 0 radical (unpaired) electrons. The summed E-state index contributed by atoms with van der Waals surface area (Å²) in [5.74, 6) is -0.134. The summed E-state index contributed by atoms with van der Waals surface area (Å²) >= 11 is 0. The highest BCUT2D eigenvalue weighted by molar-refractivity contribution is 6.23. The van der Waals surface area contributed by atoms with E-state index in [1.165, 1.54) is 17.7 Å². The van der Waals surface area contributed by atoms with Crippen LogP contribution in [0.2, 0.25) is 0 Å². The fraction of sp³-hybridized carbons (Fsp3) is 0.148. The Balaban J connectivity index is 1.75. The van der Waals surface area contributed by atoms with Crippen molar-refractivity contribution in [3.63, 3.8) is 0 Å². The average molecular weight is 425 g/mol. The van der Waals surface area contributed by atoms with Gasteiger partial charge in [0.25, 0.3) is 11.6 Å². The summed E-state index contributed by atoms with van der Waals surface area (Å²) in [6, 6.07) is 24.0. The molecule has 1 aliphatic rings. The Morgan fingerprint density at radius 2 is 1.50 bits per heavy atom. The zero-order valence-electron chi connectivity index (χ0n) is 18.3. The maximum Gasteiger partial charge on any atom is 0.269 e. The highest BCUT2D eigenvalue weighted by atomic mass is 16.6. The molecule has 0 aromatic heterocycles. The third-order valence-electron chi connectivity index (χ3n) is 5.47. The largest absolute Gasteiger partial charge is 0.276 e. The second kappa shape index (κ2) is 8.27. The van der Waals surface area contributed by atoms with Crippen molar-refractivity contribution in [2.75, 3.05) is 4.90 Å². The van der Waals surface area contributed by atoms with E-state index < -0.39 is 4.92 Å². The minimum atomic E-state index is -0.436. The number of nitro groups is 1. The van der Waals surface area contributed by atoms with E-state index in [1.54, 1.807) is 23.1 Å². The second-order valence-corrected chi connectivity index (χ2v) is 8.78. The van der Waals surface area contributed by atoms with Gasteiger partial charge in [-0.15, -0.1) is 0 Å². The smallest absolute Gasteiger partial charge is 0.269 e. The first-order valence-corrected chi connectivity index (χ1v) is 10.4. The molecule has 0 atom stereocenters. The van der Waals surface area contributed by atoms with E-state index in [-0.39, 0.29) is 17.0 Å². The molecule has 5 heteroatoms. The number of nitrogens with zero attached hydrogens (tertiary/aromatic N) is 2. The monoisotopic (exact) mass is 424 g/mol. The molecule has 3 aromatic carbocycles. The third-order valence-corrected chi connectivity index (χ3v) is 5.47. The van der Waals surface area contributed by atoms with Crippen LogP contribution in [0, 0.1) is 10.1 Å². The van der Waals surface area contributed by atoms with Crippen molar-refractivity contribution in [2.45, 2.75) is 26.2 Å². The van der Waals surface area contributed by atoms with E-state index in [0.717, 1.165) is 22.5 Å². The van der Waals surface area contributed by atoms with Crippen molar-refractivity contribution in [1.82, 2.24) is 0 Å². The first-order valence-electron chi connectivity index (χ1n) is 10.4. The van der Waals surface area contributed by atoms with Crippen molar-refractivity contribution in [1.29, 1.82) is 0 Å². The van der Waals surface area contributed by atoms with Gasteiger partial charge in [-0.05, 0) is 58.5 Å². The highest BCUT2D eigenvalue weighted by Crippen LogP contribution is 2.36. The Morgan fingerprint density at radius 1 is 0.875 bits per heavy atom. The molecule has 5 nitrogen and oxygen atoms in total. The van der Waals surface area contributed by atoms with Crippen LogP contribution in [0.25, 0.3) is 11.8 Å². The van der Waals surface area contributed by atoms with Crippen LogP contribution < -0.4 is 4.90 Å². The predicted molar refractivity (Wildman–Crippen MR) is 128 cm³/mol. The topological polar surface area (TPSA) is 63.5 Å². The molecule has 0 unspecified atom stereocenters. The summed E-state index contributed by atoms with van der Waals surface area (Å²) in [4.78, 5) is 25.6. The Bertz CT molecular complexity index is 1220. The fourth-order valence-electron chi connectivity index (χ4n) is 3.68. The first-order chi connectivity index (χ1) is 15.2. The predicted octanol–water partition coefficient (Wildman–Crippen LogP) is 6.36. The molecule has 0 saturated heterocycles. The summed E-state index contributed by atoms with van der Waals surface area (Å²) in [7, 11) is 0. The SMILES string of the molecule is CC(C)(C)c1ccc(N2C(=O)/C(=C/c3ccc([N+](=O)[O-])cc3)C=C2c2ccccc2)cc1. The van der Waals surface area contributed by atoms with Gasteiger partial charge in [0.05, 0.1) is 10.6 Å². The van der Waals surface area contributed by atoms with Gasteiger partial charge in [0.15, 0.2) is 0 Å². The van der Waals surface area contributed by atoms with Gasteiger partial charge in [0, 0.05) is 23.4 Å². The number of hydrogen-bond acceptors (Lipinski definition) is 3. The number of carbonyl (C=O) groups excluding carboxylic acids is 1. The molecule has 3 aromatic rings. The number of rotatable bonds is 4. The van der Waals surface area contributed by atoms with Gasteiger partial charge in [-0.25, -0.2) is 0 Å². The van der Waals surface area contributed by atoms with Crippen LogP contribution in [0.5, 0.6) is 0 Å². The number of nitro benzene ring substituents is 1. The molecule has 160 valence electrons. The molecule has 1 aliphatic heterocycles. The van der Waals surface area contributed by atoms with Gasteiger partial charge >= 0.3 is 0 Å². The number of amides is 1. The molecular weight excluding hydrogens is 400 g/mol. The first kappa shape index (κ1) is 21.2. The minimum absolute atomic E-state index is 0.0194. The zero-order valence-corrected chi connectivity index (χ0v) is 18.3. The van der Waals surface area contributed by atoms with Crippen LogP contribution >= 0.6 is 0 Å². The summed E-state index contributed by atoms with van der Waals surface area (Å²) in [6.07, 6.45) is 3.63. The number of carbonyl (C=O) groups is 1. The molecule has 0 aliphatic carbocycles. The summed E-state index contributed by atoms with van der Waals surface area (Å²) < 4.78 is 0. The van der Waals surface area contributed by atoms with E-state index in [0.29, 0.717) is 5.57 Å². The average Bonchev–Trinajstić information content (AvgIpc) is 3.10. The second-order valence-electron chi connectivity index (χ2n) is 8.78. The number of non-ortho nitro benzene ring substituents is 1. The van der Waals surface area contributed by atoms with Gasteiger partial charge < -0.3 is 0 Å². The molecular formula is C27H24N2O3. The quantitative estimate of drug-likeness (QED) is 0.278. The lowest BCUT2D eigenvalue weighted by atomic mass is 9.87. The highest BCUT2D eigenvalue weighted by Gasteiger charge is 2.30. The summed E-state index contributed by atoms with van der Waals surface area (Å²) in [6.45, 7) is 6.47. The maximum atomic E-state index is 13.4. The minimum Gasteiger partial charge on any atom is -0.276 e. The van der Waals surface area contributed by atoms with Gasteiger partial charge in [-0.2, -0.15) is 0 Å². The molecule has 0 saturated carbocycles. The van der Waals surface area contributed by atoms with Crippen LogP contribution in [-0.2, 0) is 10.2 Å². The lowest BCUT2D eigenvalue weighted by molar-refractivity contribution is -0.384. The van der Waals surface area contributed by atoms with Gasteiger partial charge in [-0.3, -0.25) is 19.8 Å². The Hall–Kier alpha value is -3.99. The van der Waals surface area contributed by atoms with E-state index in [1.807, 2.05) is 48.5 Å². The summed E-state index contributed by atoms with van der Waals surface area (Å²) in [5, 5.41) is 10.9. The van der Waals surface area contributed by atoms with E-state index in [2.05, 4.69) is 32.9 Å². The maximum absolute atomic E-state index is 13.4. The van der Waals surface area contributed by atoms with Crippen LogP contribution in [0.1, 0.15) is 37.5 Å². The number of benzene rings is 3. The van der Waals surface area contributed by atoms with Crippen LogP contribution in [0.4, 0.5) is 11.4 Å². The van der Waals surface area contributed by atoms with Crippen molar-refractivity contribution in [2.24, 2.45) is 0 Å². The fourth-order valence-corrected chi connectivity index (χ4v) is 3.68. The van der Waals surface area contributed by atoms with E-state index in [9.17, 15) is 14.9 Å². The zero-order chi connectivity index (χ0) is 22.9. The number of hydrogen-bond donors (Lipinski definition) is 0. The van der Waals surface area contributed by atoms with Gasteiger partial charge in [-0.1, -0.05) is 63.2 Å². The Labute approximate surface area is 187 Å². The van der Waals surface area contributed by atoms with Crippen molar-refractivity contribution in [3.8, 4) is 0 Å². The Kier molecular flexibility index (Phi) is 5.49. The van der Waals surface area contributed by atoms with Crippen molar-refractivity contribution >= 4 is 29.1 Å². The third kappa shape index (κ3) is 4.23. The molecule has 1 amide bonds. The Morgan fingerprint density at radius 3 is 2.06 bits per heavy atom. The van der Waals surface area contributed by atoms with Crippen LogP contribution in [-0.4, -0.2) is 10.8 Å². The summed E-state index contributed by atoms with van der Waals surface area (Å²) in [5.41, 5.74) is 5.02. The van der Waals surface area contributed by atoms with Gasteiger partial charge in [0.2, 0.25) is 0 Å². The van der Waals surface area contributed by atoms with Crippen LogP contribution in [0.3, 0.4) is 0 Å². The normalized spacial score (nSPS) is 15.2. The molecule has 0 N–H and O–H groups in total. The molecule has 32 heavy (non-hydrogen) atoms. The molecule has 4 rings (SSSR count). The molecule has 0 fully saturated rings. The van der Waals surface area contributed by atoms with E-state index in [4.69, 9.17) is 0 Å². The van der Waals surface area contributed by atoms with Crippen LogP contribution in [0.15, 0.2) is 90.5 Å². The molecule has 1 heterocycles. The van der Waals surface area contributed by atoms with E-state index >= 15 is 0 Å². The van der Waals surface area contributed by atoms with Crippen molar-refractivity contribution in [3.05, 3.63) is 117 Å². The number of anilines is 1. The lowest BCUT2D eigenvalue weighted by Gasteiger charge is -2.23.